The number of likely N-dealkylation sites (N-methyl/N-ethyl adjacent to an activating group) is 1. The second kappa shape index (κ2) is 9.23. The number of H-pyrrole nitrogens is 1. The van der Waals surface area contributed by atoms with E-state index in [-0.39, 0.29) is 18.9 Å². The van der Waals surface area contributed by atoms with Crippen LogP contribution in [0.2, 0.25) is 0 Å². The van der Waals surface area contributed by atoms with Gasteiger partial charge in [0.15, 0.2) is 5.69 Å². The fraction of sp³-hybridized carbons (Fsp3) is 0.345. The lowest BCUT2D eigenvalue weighted by Crippen LogP contribution is -2.44. The molecular weight excluding hydrogens is 495 g/mol. The minimum absolute atomic E-state index is 0.281. The highest BCUT2D eigenvalue weighted by Gasteiger charge is 2.32. The number of fused-ring (bicyclic) bond motifs is 3. The fourth-order valence-corrected chi connectivity index (χ4v) is 5.95. The summed E-state index contributed by atoms with van der Waals surface area (Å²) in [5.74, 6) is -0.298. The number of nitrogens with one attached hydrogen (secondary N) is 2. The third kappa shape index (κ3) is 4.15. The molecule has 2 aliphatic heterocycles. The molecule has 0 aliphatic carbocycles. The first kappa shape index (κ1) is 23.9. The van der Waals surface area contributed by atoms with Crippen LogP contribution in [0.4, 0.5) is 10.1 Å². The molecule has 7 rings (SSSR count). The zero-order valence-electron chi connectivity index (χ0n) is 22.1. The van der Waals surface area contributed by atoms with Crippen molar-refractivity contribution in [3.8, 4) is 0 Å². The van der Waals surface area contributed by atoms with Gasteiger partial charge in [0, 0.05) is 67.6 Å². The van der Waals surface area contributed by atoms with Gasteiger partial charge in [0.1, 0.15) is 12.2 Å². The van der Waals surface area contributed by atoms with Crippen LogP contribution in [0, 0.1) is 0 Å². The number of nitrogens with zero attached hydrogens (tertiary/aromatic N) is 6. The van der Waals surface area contributed by atoms with Crippen LogP contribution in [-0.4, -0.2) is 74.5 Å². The molecule has 10 heteroatoms. The Morgan fingerprint density at radius 3 is 2.74 bits per heavy atom. The number of piperazine rings is 1. The monoisotopic (exact) mass is 526 g/mol. The predicted octanol–water partition coefficient (Wildman–Crippen LogP) is 3.42. The minimum atomic E-state index is -0.949. The summed E-state index contributed by atoms with van der Waals surface area (Å²) in [7, 11) is 4.01. The van der Waals surface area contributed by atoms with E-state index in [1.807, 2.05) is 48.0 Å². The molecule has 1 saturated heterocycles. The fourth-order valence-electron chi connectivity index (χ4n) is 5.95. The van der Waals surface area contributed by atoms with E-state index in [0.717, 1.165) is 65.1 Å². The van der Waals surface area contributed by atoms with Gasteiger partial charge in [0.2, 0.25) is 0 Å². The van der Waals surface area contributed by atoms with Gasteiger partial charge in [-0.2, -0.15) is 5.10 Å². The van der Waals surface area contributed by atoms with E-state index in [2.05, 4.69) is 49.4 Å². The van der Waals surface area contributed by atoms with Crippen molar-refractivity contribution >= 4 is 33.4 Å². The number of amides is 1. The second-order valence-electron chi connectivity index (χ2n) is 10.7. The van der Waals surface area contributed by atoms with Crippen LogP contribution >= 0.6 is 0 Å². The highest BCUT2D eigenvalue weighted by molar-refractivity contribution is 6.05. The molecule has 2 N–H and O–H groups in total. The van der Waals surface area contributed by atoms with E-state index in [9.17, 15) is 9.18 Å². The number of rotatable bonds is 5. The van der Waals surface area contributed by atoms with Gasteiger partial charge in [0.05, 0.1) is 24.1 Å². The van der Waals surface area contributed by atoms with E-state index >= 15 is 0 Å². The number of aromatic amines is 1. The molecule has 3 aromatic heterocycles. The highest BCUT2D eigenvalue weighted by Crippen LogP contribution is 2.32. The van der Waals surface area contributed by atoms with Gasteiger partial charge in [-0.15, -0.1) is 0 Å². The van der Waals surface area contributed by atoms with Crippen molar-refractivity contribution in [2.75, 3.05) is 38.1 Å². The van der Waals surface area contributed by atoms with E-state index < -0.39 is 12.2 Å². The molecule has 200 valence electrons. The van der Waals surface area contributed by atoms with Gasteiger partial charge in [-0.25, -0.2) is 9.37 Å². The molecule has 2 atom stereocenters. The summed E-state index contributed by atoms with van der Waals surface area (Å²) in [6, 6.07) is 15.6. The van der Waals surface area contributed by atoms with Crippen molar-refractivity contribution in [3.05, 3.63) is 77.6 Å². The van der Waals surface area contributed by atoms with Crippen molar-refractivity contribution in [2.45, 2.75) is 25.2 Å². The Kier molecular flexibility index (Phi) is 5.66. The third-order valence-corrected chi connectivity index (χ3v) is 8.12. The molecule has 0 spiro atoms. The lowest BCUT2D eigenvalue weighted by molar-refractivity contribution is 0.0937. The van der Waals surface area contributed by atoms with Crippen LogP contribution in [0.1, 0.15) is 33.6 Å². The summed E-state index contributed by atoms with van der Waals surface area (Å²) in [6.07, 6.45) is 1.00. The van der Waals surface area contributed by atoms with Gasteiger partial charge in [-0.05, 0) is 42.8 Å². The number of aryl methyl sites for hydroxylation is 1. The molecule has 5 heterocycles. The molecule has 5 aromatic rings. The Morgan fingerprint density at radius 1 is 1.10 bits per heavy atom. The third-order valence-electron chi connectivity index (χ3n) is 8.12. The molecule has 39 heavy (non-hydrogen) atoms. The quantitative estimate of drug-likeness (QED) is 0.367. The van der Waals surface area contributed by atoms with Gasteiger partial charge >= 0.3 is 0 Å². The van der Waals surface area contributed by atoms with Gasteiger partial charge in [-0.3, -0.25) is 9.48 Å². The molecule has 9 nitrogen and oxygen atoms in total. The van der Waals surface area contributed by atoms with E-state index in [1.165, 1.54) is 0 Å². The minimum Gasteiger partial charge on any atom is -0.369 e. The molecule has 2 aromatic carbocycles. The molecule has 0 saturated carbocycles. The van der Waals surface area contributed by atoms with Crippen LogP contribution in [0.15, 0.2) is 54.9 Å². The number of imidazole rings is 1. The molecule has 2 aliphatic rings. The summed E-state index contributed by atoms with van der Waals surface area (Å²) in [5.41, 5.74) is 5.63. The molecule has 0 bridgehead atoms. The Hall–Kier alpha value is -4.18. The maximum absolute atomic E-state index is 14.3. The van der Waals surface area contributed by atoms with Crippen LogP contribution < -0.4 is 10.2 Å². The number of benzene rings is 2. The molecule has 1 fully saturated rings. The van der Waals surface area contributed by atoms with E-state index in [1.54, 1.807) is 11.0 Å². The zero-order valence-corrected chi connectivity index (χ0v) is 22.1. The first-order valence-electron chi connectivity index (χ1n) is 13.4. The lowest BCUT2D eigenvalue weighted by Gasteiger charge is -2.34. The summed E-state index contributed by atoms with van der Waals surface area (Å²) >= 11 is 0. The molecule has 0 radical (unpaired) electrons. The number of para-hydroxylation sites is 1. The SMILES string of the molecule is CN1CCN(c2ccc3c(C(=O)NC(c4cc5ccccc5[nH]4)c4ncn5c4C[C@@H](F)C5)nn(C)c3c2)CC1. The number of alkyl halides is 1. The summed E-state index contributed by atoms with van der Waals surface area (Å²) in [4.78, 5) is 26.6. The number of hydrogen-bond acceptors (Lipinski definition) is 5. The van der Waals surface area contributed by atoms with Crippen LogP contribution in [-0.2, 0) is 20.0 Å². The van der Waals surface area contributed by atoms with Gasteiger partial charge in [-0.1, -0.05) is 18.2 Å². The van der Waals surface area contributed by atoms with E-state index in [0.29, 0.717) is 11.4 Å². The van der Waals surface area contributed by atoms with E-state index in [4.69, 9.17) is 0 Å². The molecular formula is C29H31FN8O. The summed E-state index contributed by atoms with van der Waals surface area (Å²) in [5, 5.41) is 9.64. The van der Waals surface area contributed by atoms with Crippen molar-refractivity contribution in [1.82, 2.24) is 34.5 Å². The van der Waals surface area contributed by atoms with Crippen molar-refractivity contribution in [1.29, 1.82) is 0 Å². The number of hydrogen-bond donors (Lipinski definition) is 2. The first-order chi connectivity index (χ1) is 18.9. The van der Waals surface area contributed by atoms with Crippen molar-refractivity contribution in [2.24, 2.45) is 7.05 Å². The van der Waals surface area contributed by atoms with Crippen LogP contribution in [0.25, 0.3) is 21.8 Å². The number of carbonyl (C=O) groups excluding carboxylic acids is 1. The zero-order chi connectivity index (χ0) is 26.7. The number of aromatic nitrogens is 5. The van der Waals surface area contributed by atoms with Crippen molar-refractivity contribution in [3.63, 3.8) is 0 Å². The maximum atomic E-state index is 14.3. The second-order valence-corrected chi connectivity index (χ2v) is 10.7. The Labute approximate surface area is 225 Å². The molecule has 1 unspecified atom stereocenters. The maximum Gasteiger partial charge on any atom is 0.273 e. The average molecular weight is 527 g/mol. The normalized spacial score (nSPS) is 18.6. The largest absolute Gasteiger partial charge is 0.369 e. The topological polar surface area (TPSA) is 87.0 Å². The Morgan fingerprint density at radius 2 is 1.92 bits per heavy atom. The Balaban J connectivity index is 1.24. The lowest BCUT2D eigenvalue weighted by atomic mass is 10.1. The standard InChI is InChI=1S/C29H31FN8O/c1-35-9-11-37(12-10-35)20-7-8-21-24(15-20)36(2)34-26(21)29(39)33-27(23-13-18-5-3-4-6-22(18)32-23)28-25-14-19(30)16-38(25)17-31-28/h3-8,13,15,17,19,27,32H,9-12,14,16H2,1-2H3,(H,33,39)/t19-,27?/m1/s1. The number of carbonyl (C=O) groups is 1. The Bertz CT molecular complexity index is 1660. The van der Waals surface area contributed by atoms with Crippen LogP contribution in [0.3, 0.4) is 0 Å². The summed E-state index contributed by atoms with van der Waals surface area (Å²) in [6.45, 7) is 4.26. The number of anilines is 1. The van der Waals surface area contributed by atoms with Crippen molar-refractivity contribution < 1.29 is 9.18 Å². The highest BCUT2D eigenvalue weighted by atomic mass is 19.1. The smallest absolute Gasteiger partial charge is 0.273 e. The average Bonchev–Trinajstić information content (AvgIpc) is 3.70. The van der Waals surface area contributed by atoms with Gasteiger partial charge < -0.3 is 24.7 Å². The number of halogens is 1. The van der Waals surface area contributed by atoms with Crippen LogP contribution in [0.5, 0.6) is 0 Å². The predicted molar refractivity (Wildman–Crippen MR) is 149 cm³/mol. The molecule has 1 amide bonds. The first-order valence-corrected chi connectivity index (χ1v) is 13.4. The summed E-state index contributed by atoms with van der Waals surface area (Å²) < 4.78 is 17.9. The van der Waals surface area contributed by atoms with Gasteiger partial charge in [0.25, 0.3) is 5.91 Å².